The first-order chi connectivity index (χ1) is 8.92. The van der Waals surface area contributed by atoms with Gasteiger partial charge in [0.25, 0.3) is 0 Å². The third-order valence-corrected chi connectivity index (χ3v) is 3.91. The average molecular weight is 241 g/mol. The van der Waals surface area contributed by atoms with Gasteiger partial charge in [-0.25, -0.2) is 9.97 Å². The van der Waals surface area contributed by atoms with E-state index in [2.05, 4.69) is 20.0 Å². The van der Waals surface area contributed by atoms with E-state index in [9.17, 15) is 0 Å². The Morgan fingerprint density at radius 3 is 2.94 bits per heavy atom. The Balaban J connectivity index is 1.55. The van der Waals surface area contributed by atoms with Gasteiger partial charge in [-0.15, -0.1) is 0 Å². The van der Waals surface area contributed by atoms with Crippen LogP contribution >= 0.6 is 0 Å². The average Bonchev–Trinajstić information content (AvgIpc) is 2.97. The van der Waals surface area contributed by atoms with E-state index in [1.807, 2.05) is 23.1 Å². The predicted octanol–water partition coefficient (Wildman–Crippen LogP) is 1.22. The smallest absolute Gasteiger partial charge is 0.135 e. The minimum Gasteiger partial charge on any atom is -0.352 e. The highest BCUT2D eigenvalue weighted by atomic mass is 15.4. The number of hydrogen-bond acceptors (Lipinski definition) is 4. The summed E-state index contributed by atoms with van der Waals surface area (Å²) in [6, 6.07) is 2.47. The Morgan fingerprint density at radius 2 is 2.11 bits per heavy atom. The van der Waals surface area contributed by atoms with E-state index in [0.29, 0.717) is 6.04 Å². The highest BCUT2D eigenvalue weighted by molar-refractivity contribution is 5.52. The maximum absolute atomic E-state index is 4.47. The van der Waals surface area contributed by atoms with Crippen molar-refractivity contribution >= 4 is 5.82 Å². The summed E-state index contributed by atoms with van der Waals surface area (Å²) in [7, 11) is 0. The molecule has 0 saturated carbocycles. The molecule has 92 valence electrons. The largest absolute Gasteiger partial charge is 0.352 e. The monoisotopic (exact) mass is 241 g/mol. The number of nitrogens with zero attached hydrogens (tertiary/aromatic N) is 5. The van der Waals surface area contributed by atoms with Gasteiger partial charge in [0.1, 0.15) is 12.1 Å². The number of fused-ring (bicyclic) bond motifs is 1. The van der Waals surface area contributed by atoms with Crippen LogP contribution in [0.3, 0.4) is 0 Å². The third kappa shape index (κ3) is 1.43. The number of hydrogen-bond donors (Lipinski definition) is 0. The minimum atomic E-state index is 0.493. The lowest BCUT2D eigenvalue weighted by atomic mass is 10.1. The lowest BCUT2D eigenvalue weighted by Gasteiger charge is -2.40. The van der Waals surface area contributed by atoms with Gasteiger partial charge < -0.3 is 4.90 Å². The van der Waals surface area contributed by atoms with Gasteiger partial charge in [-0.3, -0.25) is 4.68 Å². The van der Waals surface area contributed by atoms with Crippen molar-refractivity contribution in [3.05, 3.63) is 36.0 Å². The first kappa shape index (κ1) is 10.1. The topological polar surface area (TPSA) is 46.8 Å². The van der Waals surface area contributed by atoms with E-state index < -0.39 is 0 Å². The quantitative estimate of drug-likeness (QED) is 0.793. The van der Waals surface area contributed by atoms with Crippen molar-refractivity contribution in [1.82, 2.24) is 19.7 Å². The van der Waals surface area contributed by atoms with E-state index in [-0.39, 0.29) is 0 Å². The van der Waals surface area contributed by atoms with E-state index >= 15 is 0 Å². The first-order valence-corrected chi connectivity index (χ1v) is 6.48. The van der Waals surface area contributed by atoms with Crippen LogP contribution in [0.1, 0.15) is 23.7 Å². The molecule has 0 spiro atoms. The normalized spacial score (nSPS) is 18.8. The molecule has 0 radical (unpaired) electrons. The Hall–Kier alpha value is -1.91. The molecule has 2 aromatic rings. The van der Waals surface area contributed by atoms with Gasteiger partial charge in [0.15, 0.2) is 0 Å². The zero-order valence-corrected chi connectivity index (χ0v) is 10.2. The molecule has 0 atom stereocenters. The van der Waals surface area contributed by atoms with Crippen molar-refractivity contribution in [3.8, 4) is 0 Å². The summed E-state index contributed by atoms with van der Waals surface area (Å²) in [5.41, 5.74) is 2.62. The van der Waals surface area contributed by atoms with E-state index in [1.165, 1.54) is 17.7 Å². The van der Waals surface area contributed by atoms with Crippen molar-refractivity contribution in [2.24, 2.45) is 0 Å². The van der Waals surface area contributed by atoms with E-state index in [1.54, 1.807) is 6.33 Å². The molecular weight excluding hydrogens is 226 g/mol. The molecule has 0 aromatic carbocycles. The standard InChI is InChI=1S/C13H15N5/c1-3-11-12(4-1)14-9-15-13(11)17-7-10(8-17)18-6-2-5-16-18/h2,5-6,9-10H,1,3-4,7-8H2. The molecular formula is C13H15N5. The fourth-order valence-electron chi connectivity index (χ4n) is 2.91. The molecule has 1 aliphatic heterocycles. The summed E-state index contributed by atoms with van der Waals surface area (Å²) in [4.78, 5) is 11.2. The fraction of sp³-hybridized carbons (Fsp3) is 0.462. The highest BCUT2D eigenvalue weighted by Crippen LogP contribution is 2.32. The van der Waals surface area contributed by atoms with Crippen LogP contribution in [0.15, 0.2) is 24.8 Å². The van der Waals surface area contributed by atoms with Crippen LogP contribution < -0.4 is 4.90 Å². The summed E-state index contributed by atoms with van der Waals surface area (Å²) < 4.78 is 2.04. The maximum Gasteiger partial charge on any atom is 0.135 e. The molecule has 0 unspecified atom stereocenters. The molecule has 3 heterocycles. The molecule has 1 saturated heterocycles. The second-order valence-corrected chi connectivity index (χ2v) is 5.02. The van der Waals surface area contributed by atoms with Gasteiger partial charge in [-0.05, 0) is 25.3 Å². The molecule has 0 N–H and O–H groups in total. The van der Waals surface area contributed by atoms with E-state index in [0.717, 1.165) is 31.7 Å². The Morgan fingerprint density at radius 1 is 1.17 bits per heavy atom. The summed E-state index contributed by atoms with van der Waals surface area (Å²) in [6.45, 7) is 2.01. The van der Waals surface area contributed by atoms with Gasteiger partial charge in [-0.2, -0.15) is 5.10 Å². The lowest BCUT2D eigenvalue weighted by molar-refractivity contribution is 0.365. The van der Waals surface area contributed by atoms with Crippen molar-refractivity contribution < 1.29 is 0 Å². The second kappa shape index (κ2) is 3.80. The Bertz CT molecular complexity index is 557. The minimum absolute atomic E-state index is 0.493. The molecule has 1 aliphatic carbocycles. The summed E-state index contributed by atoms with van der Waals surface area (Å²) in [6.07, 6.45) is 9.05. The van der Waals surface area contributed by atoms with Crippen molar-refractivity contribution in [1.29, 1.82) is 0 Å². The number of rotatable bonds is 2. The van der Waals surface area contributed by atoms with Crippen LogP contribution in [0, 0.1) is 0 Å². The second-order valence-electron chi connectivity index (χ2n) is 5.02. The molecule has 5 heteroatoms. The van der Waals surface area contributed by atoms with Crippen molar-refractivity contribution in [2.45, 2.75) is 25.3 Å². The summed E-state index contributed by atoms with van der Waals surface area (Å²) in [5, 5.41) is 4.30. The first-order valence-electron chi connectivity index (χ1n) is 6.48. The van der Waals surface area contributed by atoms with E-state index in [4.69, 9.17) is 0 Å². The zero-order chi connectivity index (χ0) is 11.9. The van der Waals surface area contributed by atoms with Crippen LogP contribution in [-0.2, 0) is 12.8 Å². The van der Waals surface area contributed by atoms with Crippen LogP contribution in [0.4, 0.5) is 5.82 Å². The molecule has 4 rings (SSSR count). The van der Waals surface area contributed by atoms with Gasteiger partial charge in [0.05, 0.1) is 6.04 Å². The van der Waals surface area contributed by atoms with Crippen LogP contribution in [0.25, 0.3) is 0 Å². The van der Waals surface area contributed by atoms with Crippen LogP contribution in [0.2, 0.25) is 0 Å². The molecule has 1 fully saturated rings. The number of aromatic nitrogens is 4. The predicted molar refractivity (Wildman–Crippen MR) is 67.5 cm³/mol. The molecule has 0 amide bonds. The summed E-state index contributed by atoms with van der Waals surface area (Å²) >= 11 is 0. The number of anilines is 1. The zero-order valence-electron chi connectivity index (χ0n) is 10.2. The molecule has 2 aromatic heterocycles. The van der Waals surface area contributed by atoms with Gasteiger partial charge in [0.2, 0.25) is 0 Å². The molecule has 2 aliphatic rings. The van der Waals surface area contributed by atoms with Crippen molar-refractivity contribution in [2.75, 3.05) is 18.0 Å². The Kier molecular flexibility index (Phi) is 2.12. The van der Waals surface area contributed by atoms with Gasteiger partial charge in [-0.1, -0.05) is 0 Å². The van der Waals surface area contributed by atoms with Crippen LogP contribution in [-0.4, -0.2) is 32.8 Å². The lowest BCUT2D eigenvalue weighted by Crippen LogP contribution is -2.48. The van der Waals surface area contributed by atoms with Gasteiger partial charge in [0, 0.05) is 36.7 Å². The number of aryl methyl sites for hydroxylation is 1. The highest BCUT2D eigenvalue weighted by Gasteiger charge is 2.32. The third-order valence-electron chi connectivity index (χ3n) is 3.91. The maximum atomic E-state index is 4.47. The van der Waals surface area contributed by atoms with Gasteiger partial charge >= 0.3 is 0 Å². The summed E-state index contributed by atoms with van der Waals surface area (Å²) in [5.74, 6) is 1.15. The molecule has 18 heavy (non-hydrogen) atoms. The SMILES string of the molecule is c1cnn(C2CN(c3ncnc4c3CCC4)C2)c1. The van der Waals surface area contributed by atoms with Crippen molar-refractivity contribution in [3.63, 3.8) is 0 Å². The molecule has 0 bridgehead atoms. The fourth-order valence-corrected chi connectivity index (χ4v) is 2.91. The van der Waals surface area contributed by atoms with Crippen LogP contribution in [0.5, 0.6) is 0 Å². The molecule has 5 nitrogen and oxygen atoms in total. The Labute approximate surface area is 105 Å².